The lowest BCUT2D eigenvalue weighted by molar-refractivity contribution is 0.0950. The largest absolute Gasteiger partial charge is 0.454 e. The molecular formula is C22H19FN6O3. The van der Waals surface area contributed by atoms with E-state index in [2.05, 4.69) is 25.9 Å². The van der Waals surface area contributed by atoms with E-state index in [9.17, 15) is 9.18 Å². The van der Waals surface area contributed by atoms with Crippen molar-refractivity contribution in [2.75, 3.05) is 18.7 Å². The van der Waals surface area contributed by atoms with Crippen molar-refractivity contribution in [3.05, 3.63) is 77.4 Å². The van der Waals surface area contributed by atoms with Crippen LogP contribution in [0.25, 0.3) is 5.65 Å². The van der Waals surface area contributed by atoms with Gasteiger partial charge in [-0.1, -0.05) is 18.2 Å². The molecule has 0 atom stereocenters. The zero-order valence-corrected chi connectivity index (χ0v) is 16.9. The fourth-order valence-electron chi connectivity index (χ4n) is 3.36. The molecule has 0 aliphatic carbocycles. The van der Waals surface area contributed by atoms with Crippen molar-refractivity contribution in [3.63, 3.8) is 0 Å². The van der Waals surface area contributed by atoms with Crippen molar-refractivity contribution in [2.24, 2.45) is 0 Å². The van der Waals surface area contributed by atoms with Crippen LogP contribution in [0.4, 0.5) is 10.2 Å². The fourth-order valence-corrected chi connectivity index (χ4v) is 3.36. The third-order valence-corrected chi connectivity index (χ3v) is 4.99. The Hall–Kier alpha value is -4.21. The molecule has 10 heteroatoms. The molecule has 162 valence electrons. The second kappa shape index (κ2) is 8.50. The van der Waals surface area contributed by atoms with Crippen LogP contribution in [0.1, 0.15) is 21.7 Å². The number of amides is 1. The third kappa shape index (κ3) is 4.02. The van der Waals surface area contributed by atoms with E-state index in [0.29, 0.717) is 30.3 Å². The number of anilines is 1. The van der Waals surface area contributed by atoms with Crippen LogP contribution < -0.4 is 20.1 Å². The summed E-state index contributed by atoms with van der Waals surface area (Å²) in [6.07, 6.45) is 0.389. The maximum atomic E-state index is 13.7. The van der Waals surface area contributed by atoms with Crippen molar-refractivity contribution in [1.29, 1.82) is 0 Å². The summed E-state index contributed by atoms with van der Waals surface area (Å²) in [7, 11) is 0. The number of ether oxygens (including phenoxy) is 2. The van der Waals surface area contributed by atoms with E-state index in [1.807, 2.05) is 30.3 Å². The Labute approximate surface area is 182 Å². The molecule has 3 heterocycles. The molecule has 2 aromatic heterocycles. The van der Waals surface area contributed by atoms with Gasteiger partial charge in [0.15, 0.2) is 23.0 Å². The van der Waals surface area contributed by atoms with Crippen molar-refractivity contribution in [1.82, 2.24) is 25.1 Å². The maximum absolute atomic E-state index is 13.7. The molecule has 0 bridgehead atoms. The van der Waals surface area contributed by atoms with E-state index in [4.69, 9.17) is 9.47 Å². The Morgan fingerprint density at radius 2 is 1.94 bits per heavy atom. The number of benzene rings is 2. The normalized spacial score (nSPS) is 12.2. The molecule has 1 aliphatic rings. The topological polar surface area (TPSA) is 103 Å². The Kier molecular flexibility index (Phi) is 5.24. The molecule has 0 saturated heterocycles. The van der Waals surface area contributed by atoms with Crippen LogP contribution in [0.3, 0.4) is 0 Å². The molecule has 1 aliphatic heterocycles. The van der Waals surface area contributed by atoms with Gasteiger partial charge in [-0.3, -0.25) is 4.79 Å². The number of nitrogens with zero attached hydrogens (tertiary/aromatic N) is 4. The first-order chi connectivity index (χ1) is 15.7. The Bertz CT molecular complexity index is 1290. The Morgan fingerprint density at radius 1 is 1.06 bits per heavy atom. The van der Waals surface area contributed by atoms with E-state index in [1.54, 1.807) is 10.6 Å². The molecule has 5 rings (SSSR count). The van der Waals surface area contributed by atoms with Crippen LogP contribution in [-0.2, 0) is 13.0 Å². The number of hydrogen-bond donors (Lipinski definition) is 2. The summed E-state index contributed by atoms with van der Waals surface area (Å²) < 4.78 is 26.1. The summed E-state index contributed by atoms with van der Waals surface area (Å²) in [6.45, 7) is 1.05. The van der Waals surface area contributed by atoms with Gasteiger partial charge in [0.05, 0.1) is 5.56 Å². The number of fused-ring (bicyclic) bond motifs is 2. The van der Waals surface area contributed by atoms with E-state index in [-0.39, 0.29) is 18.9 Å². The fraction of sp³-hybridized carbons (Fsp3) is 0.182. The summed E-state index contributed by atoms with van der Waals surface area (Å²) in [6, 6.07) is 15.2. The van der Waals surface area contributed by atoms with Crippen LogP contribution in [0, 0.1) is 5.82 Å². The number of halogens is 1. The number of carbonyl (C=O) groups is 1. The summed E-state index contributed by atoms with van der Waals surface area (Å²) in [4.78, 5) is 12.2. The van der Waals surface area contributed by atoms with Gasteiger partial charge in [-0.2, -0.15) is 4.52 Å². The Morgan fingerprint density at radius 3 is 2.84 bits per heavy atom. The van der Waals surface area contributed by atoms with Crippen LogP contribution >= 0.6 is 0 Å². The molecule has 0 fully saturated rings. The van der Waals surface area contributed by atoms with Gasteiger partial charge in [0, 0.05) is 19.5 Å². The second-order valence-electron chi connectivity index (χ2n) is 7.13. The van der Waals surface area contributed by atoms with Crippen LogP contribution in [0.5, 0.6) is 11.5 Å². The third-order valence-electron chi connectivity index (χ3n) is 4.99. The molecule has 9 nitrogen and oxygen atoms in total. The number of rotatable bonds is 7. The highest BCUT2D eigenvalue weighted by Crippen LogP contribution is 2.32. The van der Waals surface area contributed by atoms with Gasteiger partial charge in [-0.15, -0.1) is 15.3 Å². The first kappa shape index (κ1) is 19.7. The summed E-state index contributed by atoms with van der Waals surface area (Å²) in [5.41, 5.74) is 1.62. The zero-order valence-electron chi connectivity index (χ0n) is 16.9. The monoisotopic (exact) mass is 434 g/mol. The molecule has 2 aromatic carbocycles. The van der Waals surface area contributed by atoms with E-state index in [1.165, 1.54) is 18.2 Å². The quantitative estimate of drug-likeness (QED) is 0.461. The van der Waals surface area contributed by atoms with E-state index in [0.717, 1.165) is 17.1 Å². The first-order valence-corrected chi connectivity index (χ1v) is 10.0. The lowest BCUT2D eigenvalue weighted by Gasteiger charge is -2.08. The van der Waals surface area contributed by atoms with Gasteiger partial charge in [-0.25, -0.2) is 4.39 Å². The van der Waals surface area contributed by atoms with Crippen LogP contribution in [-0.4, -0.2) is 39.1 Å². The van der Waals surface area contributed by atoms with Crippen molar-refractivity contribution >= 4 is 17.4 Å². The molecule has 0 radical (unpaired) electrons. The lowest BCUT2D eigenvalue weighted by Crippen LogP contribution is -2.27. The average Bonchev–Trinajstić information content (AvgIpc) is 3.44. The smallest absolute Gasteiger partial charge is 0.254 e. The van der Waals surface area contributed by atoms with E-state index >= 15 is 0 Å². The van der Waals surface area contributed by atoms with Crippen LogP contribution in [0.15, 0.2) is 54.6 Å². The van der Waals surface area contributed by atoms with Crippen LogP contribution in [0.2, 0.25) is 0 Å². The van der Waals surface area contributed by atoms with Gasteiger partial charge >= 0.3 is 0 Å². The minimum Gasteiger partial charge on any atom is -0.454 e. The minimum atomic E-state index is -0.558. The molecule has 2 N–H and O–H groups in total. The van der Waals surface area contributed by atoms with Crippen molar-refractivity contribution in [2.45, 2.75) is 13.0 Å². The zero-order chi connectivity index (χ0) is 21.9. The molecule has 32 heavy (non-hydrogen) atoms. The van der Waals surface area contributed by atoms with Crippen molar-refractivity contribution < 1.29 is 18.7 Å². The van der Waals surface area contributed by atoms with E-state index < -0.39 is 11.7 Å². The van der Waals surface area contributed by atoms with Gasteiger partial charge in [-0.05, 0) is 42.0 Å². The maximum Gasteiger partial charge on any atom is 0.254 e. The number of aromatic nitrogens is 4. The predicted molar refractivity (Wildman–Crippen MR) is 113 cm³/mol. The predicted octanol–water partition coefficient (Wildman–Crippen LogP) is 2.58. The highest BCUT2D eigenvalue weighted by Gasteiger charge is 2.14. The second-order valence-corrected chi connectivity index (χ2v) is 7.13. The average molecular weight is 434 g/mol. The first-order valence-electron chi connectivity index (χ1n) is 10.0. The minimum absolute atomic E-state index is 0.00623. The molecule has 0 unspecified atom stereocenters. The highest BCUT2D eigenvalue weighted by atomic mass is 19.1. The Balaban J connectivity index is 1.22. The molecule has 4 aromatic rings. The summed E-state index contributed by atoms with van der Waals surface area (Å²) in [5.74, 6) is 1.66. The SMILES string of the molecule is O=C(NCCc1nnc2ccc(NCc3ccc4c(c3)OCO4)nn12)c1ccccc1F. The van der Waals surface area contributed by atoms with Gasteiger partial charge in [0.25, 0.3) is 5.91 Å². The lowest BCUT2D eigenvalue weighted by atomic mass is 10.2. The molecular weight excluding hydrogens is 415 g/mol. The molecule has 0 spiro atoms. The standard InChI is InChI=1S/C22H19FN6O3/c23-16-4-2-1-3-15(16)22(30)24-10-9-21-27-26-20-8-7-19(28-29(20)21)25-12-14-5-6-17-18(11-14)32-13-31-17/h1-8,11H,9-10,12-13H2,(H,24,30)(H,25,28). The summed E-state index contributed by atoms with van der Waals surface area (Å²) >= 11 is 0. The summed E-state index contributed by atoms with van der Waals surface area (Å²) in [5, 5.41) is 18.8. The number of nitrogens with one attached hydrogen (secondary N) is 2. The van der Waals surface area contributed by atoms with Crippen molar-refractivity contribution in [3.8, 4) is 11.5 Å². The van der Waals surface area contributed by atoms with Gasteiger partial charge in [0.1, 0.15) is 11.6 Å². The van der Waals surface area contributed by atoms with Gasteiger partial charge < -0.3 is 20.1 Å². The highest BCUT2D eigenvalue weighted by molar-refractivity contribution is 5.94. The van der Waals surface area contributed by atoms with Gasteiger partial charge in [0.2, 0.25) is 6.79 Å². The number of carbonyl (C=O) groups excluding carboxylic acids is 1. The molecule has 0 saturated carbocycles. The molecule has 1 amide bonds. The number of hydrogen-bond acceptors (Lipinski definition) is 7.